The standard InChI is InChI=1S/C20H25N5O/c1-5-24(6-2)16-11-9-15(10-12-16)22-23-20-18(14(3)4)21-19-17(26)8-7-13-25(19)20/h7-14,26H,5-6H2,1-4H3. The van der Waals surface area contributed by atoms with Crippen molar-refractivity contribution in [2.75, 3.05) is 18.0 Å². The highest BCUT2D eigenvalue weighted by Gasteiger charge is 2.16. The van der Waals surface area contributed by atoms with Crippen LogP contribution in [0, 0.1) is 0 Å². The molecule has 3 rings (SSSR count). The van der Waals surface area contributed by atoms with Gasteiger partial charge in [-0.3, -0.25) is 4.40 Å². The number of imidazole rings is 1. The van der Waals surface area contributed by atoms with Crippen molar-refractivity contribution < 1.29 is 5.11 Å². The summed E-state index contributed by atoms with van der Waals surface area (Å²) in [5.41, 5.74) is 3.28. The molecule has 0 atom stereocenters. The fraction of sp³-hybridized carbons (Fsp3) is 0.350. The van der Waals surface area contributed by atoms with Gasteiger partial charge < -0.3 is 10.0 Å². The van der Waals surface area contributed by atoms with E-state index in [9.17, 15) is 5.11 Å². The molecule has 0 fully saturated rings. The second-order valence-electron chi connectivity index (χ2n) is 6.45. The Morgan fingerprint density at radius 2 is 1.77 bits per heavy atom. The minimum absolute atomic E-state index is 0.138. The summed E-state index contributed by atoms with van der Waals surface area (Å²) in [6, 6.07) is 11.4. The Balaban J connectivity index is 1.95. The predicted molar refractivity (Wildman–Crippen MR) is 105 cm³/mol. The van der Waals surface area contributed by atoms with Gasteiger partial charge in [0.15, 0.2) is 17.2 Å². The molecule has 0 bridgehead atoms. The van der Waals surface area contributed by atoms with E-state index in [2.05, 4.69) is 59.9 Å². The smallest absolute Gasteiger partial charge is 0.183 e. The fourth-order valence-electron chi connectivity index (χ4n) is 2.97. The third kappa shape index (κ3) is 3.40. The van der Waals surface area contributed by atoms with Crippen LogP contribution in [0.15, 0.2) is 52.8 Å². The molecule has 3 aromatic rings. The van der Waals surface area contributed by atoms with Gasteiger partial charge >= 0.3 is 0 Å². The van der Waals surface area contributed by atoms with E-state index in [-0.39, 0.29) is 11.7 Å². The van der Waals surface area contributed by atoms with Crippen molar-refractivity contribution in [1.82, 2.24) is 9.38 Å². The van der Waals surface area contributed by atoms with Gasteiger partial charge in [0.25, 0.3) is 0 Å². The molecule has 2 aromatic heterocycles. The normalized spacial score (nSPS) is 11.7. The van der Waals surface area contributed by atoms with Gasteiger partial charge in [-0.25, -0.2) is 4.98 Å². The van der Waals surface area contributed by atoms with Gasteiger partial charge in [-0.2, -0.15) is 0 Å². The van der Waals surface area contributed by atoms with E-state index >= 15 is 0 Å². The van der Waals surface area contributed by atoms with E-state index < -0.39 is 0 Å². The molecule has 0 aliphatic heterocycles. The Morgan fingerprint density at radius 1 is 1.08 bits per heavy atom. The summed E-state index contributed by atoms with van der Waals surface area (Å²) in [5, 5.41) is 18.9. The first-order valence-corrected chi connectivity index (χ1v) is 9.01. The Labute approximate surface area is 153 Å². The van der Waals surface area contributed by atoms with Gasteiger partial charge in [0, 0.05) is 25.0 Å². The van der Waals surface area contributed by atoms with Gasteiger partial charge in [-0.15, -0.1) is 10.2 Å². The molecule has 1 N–H and O–H groups in total. The highest BCUT2D eigenvalue weighted by atomic mass is 16.3. The van der Waals surface area contributed by atoms with Gasteiger partial charge in [-0.05, 0) is 56.2 Å². The average Bonchev–Trinajstić information content (AvgIpc) is 3.02. The second-order valence-corrected chi connectivity index (χ2v) is 6.45. The fourth-order valence-corrected chi connectivity index (χ4v) is 2.97. The Hall–Kier alpha value is -2.89. The van der Waals surface area contributed by atoms with E-state index in [4.69, 9.17) is 0 Å². The number of rotatable bonds is 6. The Morgan fingerprint density at radius 3 is 2.38 bits per heavy atom. The van der Waals surface area contributed by atoms with Crippen molar-refractivity contribution in [1.29, 1.82) is 0 Å². The molecule has 0 aliphatic carbocycles. The van der Waals surface area contributed by atoms with Gasteiger partial charge in [0.1, 0.15) is 0 Å². The zero-order valence-electron chi connectivity index (χ0n) is 15.7. The monoisotopic (exact) mass is 351 g/mol. The lowest BCUT2D eigenvalue weighted by Crippen LogP contribution is -2.21. The number of aromatic nitrogens is 2. The summed E-state index contributed by atoms with van der Waals surface area (Å²) < 4.78 is 1.78. The van der Waals surface area contributed by atoms with Crippen LogP contribution in [-0.2, 0) is 0 Å². The molecular formula is C20H25N5O. The van der Waals surface area contributed by atoms with Crippen molar-refractivity contribution in [3.8, 4) is 5.75 Å². The maximum atomic E-state index is 10.0. The molecule has 0 amide bonds. The highest BCUT2D eigenvalue weighted by molar-refractivity contribution is 5.61. The zero-order chi connectivity index (χ0) is 18.7. The number of hydrogen-bond donors (Lipinski definition) is 1. The molecule has 0 saturated carbocycles. The van der Waals surface area contributed by atoms with Gasteiger partial charge in [0.2, 0.25) is 0 Å². The maximum Gasteiger partial charge on any atom is 0.183 e. The lowest BCUT2D eigenvalue weighted by molar-refractivity contribution is 0.477. The SMILES string of the molecule is CCN(CC)c1ccc(N=Nc2c(C(C)C)nc3c(O)cccn23)cc1. The van der Waals surface area contributed by atoms with Crippen LogP contribution >= 0.6 is 0 Å². The number of aromatic hydroxyl groups is 1. The lowest BCUT2D eigenvalue weighted by Gasteiger charge is -2.20. The van der Waals surface area contributed by atoms with Gasteiger partial charge in [0.05, 0.1) is 11.4 Å². The van der Waals surface area contributed by atoms with Crippen LogP contribution in [0.2, 0.25) is 0 Å². The average molecular weight is 351 g/mol. The van der Waals surface area contributed by atoms with Crippen molar-refractivity contribution >= 4 is 22.8 Å². The number of pyridine rings is 1. The number of hydrogen-bond acceptors (Lipinski definition) is 5. The molecule has 6 heteroatoms. The van der Waals surface area contributed by atoms with Crippen molar-refractivity contribution in [3.63, 3.8) is 0 Å². The Kier molecular flexibility index (Phi) is 5.21. The molecular weight excluding hydrogens is 326 g/mol. The van der Waals surface area contributed by atoms with Gasteiger partial charge in [-0.1, -0.05) is 13.8 Å². The number of nitrogens with zero attached hydrogens (tertiary/aromatic N) is 5. The molecule has 0 unspecified atom stereocenters. The van der Waals surface area contributed by atoms with Crippen LogP contribution in [0.25, 0.3) is 5.65 Å². The molecule has 0 saturated heterocycles. The quantitative estimate of drug-likeness (QED) is 0.603. The summed E-state index contributed by atoms with van der Waals surface area (Å²) in [6.45, 7) is 10.3. The first-order valence-electron chi connectivity index (χ1n) is 9.01. The van der Waals surface area contributed by atoms with Crippen molar-refractivity contribution in [3.05, 3.63) is 48.3 Å². The van der Waals surface area contributed by atoms with E-state index in [0.717, 1.165) is 24.5 Å². The van der Waals surface area contributed by atoms with Crippen LogP contribution in [0.1, 0.15) is 39.3 Å². The van der Waals surface area contributed by atoms with E-state index in [1.165, 1.54) is 5.69 Å². The predicted octanol–water partition coefficient (Wildman–Crippen LogP) is 5.42. The number of azo groups is 1. The van der Waals surface area contributed by atoms with E-state index in [1.54, 1.807) is 16.5 Å². The van der Waals surface area contributed by atoms with Crippen molar-refractivity contribution in [2.45, 2.75) is 33.6 Å². The Bertz CT molecular complexity index is 908. The van der Waals surface area contributed by atoms with Crippen molar-refractivity contribution in [2.24, 2.45) is 10.2 Å². The van der Waals surface area contributed by atoms with E-state index in [0.29, 0.717) is 11.5 Å². The highest BCUT2D eigenvalue weighted by Crippen LogP contribution is 2.32. The topological polar surface area (TPSA) is 65.5 Å². The summed E-state index contributed by atoms with van der Waals surface area (Å²) >= 11 is 0. The number of fused-ring (bicyclic) bond motifs is 1. The number of benzene rings is 1. The molecule has 1 aromatic carbocycles. The van der Waals surface area contributed by atoms with Crippen LogP contribution in [0.4, 0.5) is 17.2 Å². The summed E-state index contributed by atoms with van der Waals surface area (Å²) in [4.78, 5) is 6.82. The summed E-state index contributed by atoms with van der Waals surface area (Å²) in [7, 11) is 0. The number of anilines is 1. The molecule has 6 nitrogen and oxygen atoms in total. The molecule has 26 heavy (non-hydrogen) atoms. The minimum Gasteiger partial charge on any atom is -0.504 e. The van der Waals surface area contributed by atoms with Crippen LogP contribution in [0.3, 0.4) is 0 Å². The van der Waals surface area contributed by atoms with Crippen LogP contribution in [0.5, 0.6) is 5.75 Å². The maximum absolute atomic E-state index is 10.0. The second kappa shape index (κ2) is 7.56. The molecule has 0 radical (unpaired) electrons. The third-order valence-corrected chi connectivity index (χ3v) is 4.42. The summed E-state index contributed by atoms with van der Waals surface area (Å²) in [5.74, 6) is 0.964. The molecule has 0 aliphatic rings. The first-order chi connectivity index (χ1) is 12.5. The largest absolute Gasteiger partial charge is 0.504 e. The van der Waals surface area contributed by atoms with E-state index in [1.807, 2.05) is 18.3 Å². The third-order valence-electron chi connectivity index (χ3n) is 4.42. The summed E-state index contributed by atoms with van der Waals surface area (Å²) in [6.07, 6.45) is 1.84. The lowest BCUT2D eigenvalue weighted by atomic mass is 10.1. The zero-order valence-corrected chi connectivity index (χ0v) is 15.7. The van der Waals surface area contributed by atoms with Crippen LogP contribution < -0.4 is 4.90 Å². The minimum atomic E-state index is 0.138. The van der Waals surface area contributed by atoms with Crippen LogP contribution in [-0.4, -0.2) is 27.6 Å². The first kappa shape index (κ1) is 17.9. The molecule has 136 valence electrons. The molecule has 2 heterocycles. The molecule has 0 spiro atoms.